The molecule has 2 N–H and O–H groups in total. The number of amides is 3. The molecule has 1 aliphatic heterocycles. The van der Waals surface area contributed by atoms with Gasteiger partial charge >= 0.3 is 0 Å². The summed E-state index contributed by atoms with van der Waals surface area (Å²) in [7, 11) is 1.60. The Morgan fingerprint density at radius 2 is 1.79 bits per heavy atom. The van der Waals surface area contributed by atoms with Crippen LogP contribution in [-0.4, -0.2) is 58.0 Å². The molecule has 0 spiro atoms. The Bertz CT molecular complexity index is 1340. The van der Waals surface area contributed by atoms with E-state index in [4.69, 9.17) is 9.47 Å². The third kappa shape index (κ3) is 5.74. The minimum atomic E-state index is -1.16. The summed E-state index contributed by atoms with van der Waals surface area (Å²) in [4.78, 5) is 46.2. The van der Waals surface area contributed by atoms with Crippen LogP contribution in [0.1, 0.15) is 59.3 Å². The zero-order chi connectivity index (χ0) is 28.0. The van der Waals surface area contributed by atoms with E-state index in [1.54, 1.807) is 23.5 Å². The Labute approximate surface area is 228 Å². The summed E-state index contributed by atoms with van der Waals surface area (Å²) in [5.74, 6) is 0.275. The first-order chi connectivity index (χ1) is 18.8. The van der Waals surface area contributed by atoms with Crippen LogP contribution in [0.5, 0.6) is 11.5 Å². The molecule has 3 amide bonds. The number of carbonyl (C=O) groups is 3. The molecule has 1 atom stereocenters. The zero-order valence-electron chi connectivity index (χ0n) is 22.8. The van der Waals surface area contributed by atoms with Crippen LogP contribution in [0, 0.1) is 0 Å². The SMILES string of the molecule is CCCN1C(=O)c2c(C(=O)NCc3ccccc3OCC)ncn2CC1(C)C(=O)NCc1ccc(OC)cc1. The summed E-state index contributed by atoms with van der Waals surface area (Å²) in [6, 6.07) is 14.9. The normalized spacial score (nSPS) is 16.4. The molecule has 2 aromatic carbocycles. The largest absolute Gasteiger partial charge is 0.497 e. The van der Waals surface area contributed by atoms with Crippen molar-refractivity contribution in [3.63, 3.8) is 0 Å². The van der Waals surface area contributed by atoms with Crippen molar-refractivity contribution >= 4 is 17.7 Å². The van der Waals surface area contributed by atoms with Gasteiger partial charge in [0.25, 0.3) is 11.8 Å². The van der Waals surface area contributed by atoms with Crippen molar-refractivity contribution in [3.05, 3.63) is 77.4 Å². The van der Waals surface area contributed by atoms with E-state index in [9.17, 15) is 14.4 Å². The topological polar surface area (TPSA) is 115 Å². The lowest BCUT2D eigenvalue weighted by atomic mass is 9.93. The number of hydrogen-bond acceptors (Lipinski definition) is 6. The Hall–Kier alpha value is -4.34. The lowest BCUT2D eigenvalue weighted by molar-refractivity contribution is -0.133. The van der Waals surface area contributed by atoms with Gasteiger partial charge in [0.1, 0.15) is 22.7 Å². The first-order valence-electron chi connectivity index (χ1n) is 13.1. The van der Waals surface area contributed by atoms with Crippen LogP contribution in [0.25, 0.3) is 0 Å². The second-order valence-corrected chi connectivity index (χ2v) is 9.55. The van der Waals surface area contributed by atoms with Gasteiger partial charge in [-0.25, -0.2) is 4.98 Å². The highest BCUT2D eigenvalue weighted by Crippen LogP contribution is 2.29. The molecule has 3 aromatic rings. The summed E-state index contributed by atoms with van der Waals surface area (Å²) < 4.78 is 12.4. The third-order valence-electron chi connectivity index (χ3n) is 6.83. The van der Waals surface area contributed by atoms with Crippen molar-refractivity contribution in [1.29, 1.82) is 0 Å². The number of imidazole rings is 1. The number of rotatable bonds is 11. The fraction of sp³-hybridized carbons (Fsp3) is 0.379. The smallest absolute Gasteiger partial charge is 0.273 e. The number of benzene rings is 2. The summed E-state index contributed by atoms with van der Waals surface area (Å²) >= 11 is 0. The fourth-order valence-electron chi connectivity index (χ4n) is 4.75. The molecule has 10 nitrogen and oxygen atoms in total. The van der Waals surface area contributed by atoms with Gasteiger partial charge in [0.2, 0.25) is 5.91 Å². The Kier molecular flexibility index (Phi) is 8.53. The van der Waals surface area contributed by atoms with Crippen molar-refractivity contribution in [3.8, 4) is 11.5 Å². The highest BCUT2D eigenvalue weighted by Gasteiger charge is 2.48. The van der Waals surface area contributed by atoms with Crippen molar-refractivity contribution in [2.75, 3.05) is 20.3 Å². The van der Waals surface area contributed by atoms with E-state index < -0.39 is 17.4 Å². The highest BCUT2D eigenvalue weighted by atomic mass is 16.5. The van der Waals surface area contributed by atoms with Gasteiger partial charge in [0.05, 0.1) is 26.6 Å². The molecule has 0 bridgehead atoms. The Morgan fingerprint density at radius 1 is 1.05 bits per heavy atom. The summed E-state index contributed by atoms with van der Waals surface area (Å²) in [6.45, 7) is 7.16. The van der Waals surface area contributed by atoms with Crippen molar-refractivity contribution in [1.82, 2.24) is 25.1 Å². The van der Waals surface area contributed by atoms with Crippen LogP contribution in [0.15, 0.2) is 54.9 Å². The zero-order valence-corrected chi connectivity index (χ0v) is 22.8. The van der Waals surface area contributed by atoms with Gasteiger partial charge in [-0.15, -0.1) is 0 Å². The Morgan fingerprint density at radius 3 is 2.49 bits per heavy atom. The van der Waals surface area contributed by atoms with E-state index in [-0.39, 0.29) is 30.4 Å². The molecule has 0 fully saturated rings. The molecular weight excluding hydrogens is 498 g/mol. The predicted octanol–water partition coefficient (Wildman–Crippen LogP) is 3.16. The molecule has 4 rings (SSSR count). The number of para-hydroxylation sites is 1. The highest BCUT2D eigenvalue weighted by molar-refractivity contribution is 6.07. The molecular formula is C29H35N5O5. The number of fused-ring (bicyclic) bond motifs is 1. The van der Waals surface area contributed by atoms with Gasteiger partial charge < -0.3 is 29.6 Å². The molecule has 1 aromatic heterocycles. The van der Waals surface area contributed by atoms with E-state index in [0.29, 0.717) is 31.9 Å². The minimum absolute atomic E-state index is 0.0377. The number of nitrogens with one attached hydrogen (secondary N) is 2. The van der Waals surface area contributed by atoms with E-state index in [1.807, 2.05) is 62.4 Å². The average Bonchev–Trinajstić information content (AvgIpc) is 3.37. The number of aromatic nitrogens is 2. The van der Waals surface area contributed by atoms with Crippen LogP contribution in [-0.2, 0) is 24.4 Å². The molecule has 0 saturated heterocycles. The number of ether oxygens (including phenoxy) is 2. The average molecular weight is 534 g/mol. The van der Waals surface area contributed by atoms with E-state index in [0.717, 1.165) is 16.9 Å². The second-order valence-electron chi connectivity index (χ2n) is 9.55. The van der Waals surface area contributed by atoms with Crippen LogP contribution >= 0.6 is 0 Å². The molecule has 0 aliphatic carbocycles. The Balaban J connectivity index is 1.52. The van der Waals surface area contributed by atoms with Gasteiger partial charge in [-0.05, 0) is 44.0 Å². The maximum atomic E-state index is 13.7. The van der Waals surface area contributed by atoms with Crippen LogP contribution in [0.2, 0.25) is 0 Å². The lowest BCUT2D eigenvalue weighted by Crippen LogP contribution is -2.64. The fourth-order valence-corrected chi connectivity index (χ4v) is 4.75. The quantitative estimate of drug-likeness (QED) is 0.391. The van der Waals surface area contributed by atoms with Crippen LogP contribution < -0.4 is 20.1 Å². The second kappa shape index (κ2) is 12.0. The van der Waals surface area contributed by atoms with Crippen molar-refractivity contribution in [2.45, 2.75) is 52.4 Å². The van der Waals surface area contributed by atoms with E-state index >= 15 is 0 Å². The van der Waals surface area contributed by atoms with Gasteiger partial charge in [-0.2, -0.15) is 0 Å². The standard InChI is InChI=1S/C29H35N5O5/c1-5-15-34-27(36)25-24(26(35)30-17-21-9-7-8-10-23(21)39-6-2)32-19-33(25)18-29(34,3)28(37)31-16-20-11-13-22(38-4)14-12-20/h7-14,19H,5-6,15-18H2,1-4H3,(H,30,35)(H,31,37). The summed E-state index contributed by atoms with van der Waals surface area (Å²) in [5, 5.41) is 5.83. The van der Waals surface area contributed by atoms with E-state index in [2.05, 4.69) is 15.6 Å². The number of methoxy groups -OCH3 is 1. The number of carbonyl (C=O) groups excluding carboxylic acids is 3. The first-order valence-corrected chi connectivity index (χ1v) is 13.1. The molecule has 39 heavy (non-hydrogen) atoms. The summed E-state index contributed by atoms with van der Waals surface area (Å²) in [5.41, 5.74) is 0.790. The summed E-state index contributed by atoms with van der Waals surface area (Å²) in [6.07, 6.45) is 2.10. The molecule has 1 unspecified atom stereocenters. The van der Waals surface area contributed by atoms with Gasteiger partial charge in [-0.1, -0.05) is 37.3 Å². The van der Waals surface area contributed by atoms with Crippen LogP contribution in [0.4, 0.5) is 0 Å². The molecule has 0 radical (unpaired) electrons. The van der Waals surface area contributed by atoms with Crippen molar-refractivity contribution < 1.29 is 23.9 Å². The number of hydrogen-bond donors (Lipinski definition) is 2. The molecule has 10 heteroatoms. The first kappa shape index (κ1) is 27.7. The van der Waals surface area contributed by atoms with Gasteiger partial charge in [0.15, 0.2) is 5.69 Å². The monoisotopic (exact) mass is 533 g/mol. The molecule has 1 aliphatic rings. The molecule has 0 saturated carbocycles. The minimum Gasteiger partial charge on any atom is -0.497 e. The van der Waals surface area contributed by atoms with E-state index in [1.165, 1.54) is 6.33 Å². The van der Waals surface area contributed by atoms with Crippen LogP contribution in [0.3, 0.4) is 0 Å². The predicted molar refractivity (Wildman–Crippen MR) is 146 cm³/mol. The van der Waals surface area contributed by atoms with Gasteiger partial charge in [-0.3, -0.25) is 14.4 Å². The van der Waals surface area contributed by atoms with Gasteiger partial charge in [0, 0.05) is 25.2 Å². The molecule has 2 heterocycles. The number of nitrogens with zero attached hydrogens (tertiary/aromatic N) is 3. The maximum absolute atomic E-state index is 13.7. The third-order valence-corrected chi connectivity index (χ3v) is 6.83. The molecule has 206 valence electrons. The maximum Gasteiger partial charge on any atom is 0.273 e. The lowest BCUT2D eigenvalue weighted by Gasteiger charge is -2.43. The van der Waals surface area contributed by atoms with Crippen molar-refractivity contribution in [2.24, 2.45) is 0 Å².